The fourth-order valence-electron chi connectivity index (χ4n) is 1.82. The molecule has 0 fully saturated rings. The lowest BCUT2D eigenvalue weighted by Gasteiger charge is -2.22. The van der Waals surface area contributed by atoms with E-state index in [1.807, 2.05) is 26.0 Å². The third-order valence-electron chi connectivity index (χ3n) is 2.99. The second-order valence-electron chi connectivity index (χ2n) is 5.20. The van der Waals surface area contributed by atoms with Crippen LogP contribution in [0.25, 0.3) is 0 Å². The molecule has 0 bridgehead atoms. The highest BCUT2D eigenvalue weighted by Crippen LogP contribution is 2.10. The molecule has 3 N–H and O–H groups in total. The number of nitrogens with two attached hydrogens (primary N) is 1. The topological polar surface area (TPSA) is 77.2 Å². The van der Waals surface area contributed by atoms with Gasteiger partial charge in [-0.15, -0.1) is 0 Å². The van der Waals surface area contributed by atoms with Gasteiger partial charge in [-0.3, -0.25) is 4.79 Å². The average molecular weight is 279 g/mol. The Labute approximate surface area is 120 Å². The second kappa shape index (κ2) is 7.85. The number of ether oxygens (including phenoxy) is 1. The zero-order valence-electron chi connectivity index (χ0n) is 12.6. The molecular weight excluding hydrogens is 254 g/mol. The van der Waals surface area contributed by atoms with E-state index in [2.05, 4.69) is 10.3 Å². The summed E-state index contributed by atoms with van der Waals surface area (Å²) >= 11 is 0. The van der Waals surface area contributed by atoms with Gasteiger partial charge < -0.3 is 15.8 Å². The number of carbonyl (C=O) groups is 1. The number of amides is 1. The molecule has 5 nitrogen and oxygen atoms in total. The predicted octanol–water partition coefficient (Wildman–Crippen LogP) is 2.00. The summed E-state index contributed by atoms with van der Waals surface area (Å²) in [6.07, 6.45) is 4.21. The molecule has 0 spiro atoms. The third kappa shape index (κ3) is 5.17. The van der Waals surface area contributed by atoms with Gasteiger partial charge in [0.15, 0.2) is 0 Å². The first-order valence-corrected chi connectivity index (χ1v) is 7.14. The van der Waals surface area contributed by atoms with Crippen molar-refractivity contribution in [2.45, 2.75) is 52.1 Å². The molecule has 0 aliphatic rings. The SMILES string of the molecule is CCCOc1ccc(CNC(=O)C(C)(N)CCC)cn1. The van der Waals surface area contributed by atoms with Crippen LogP contribution < -0.4 is 15.8 Å². The lowest BCUT2D eigenvalue weighted by atomic mass is 9.96. The van der Waals surface area contributed by atoms with E-state index in [-0.39, 0.29) is 5.91 Å². The summed E-state index contributed by atoms with van der Waals surface area (Å²) in [6, 6.07) is 3.71. The van der Waals surface area contributed by atoms with Gasteiger partial charge in [-0.25, -0.2) is 4.98 Å². The van der Waals surface area contributed by atoms with Crippen molar-refractivity contribution in [1.82, 2.24) is 10.3 Å². The van der Waals surface area contributed by atoms with Crippen molar-refractivity contribution in [3.05, 3.63) is 23.9 Å². The maximum atomic E-state index is 12.0. The minimum atomic E-state index is -0.813. The molecule has 1 atom stereocenters. The molecule has 20 heavy (non-hydrogen) atoms. The number of nitrogens with zero attached hydrogens (tertiary/aromatic N) is 1. The van der Waals surface area contributed by atoms with E-state index < -0.39 is 5.54 Å². The molecule has 1 amide bonds. The van der Waals surface area contributed by atoms with E-state index in [9.17, 15) is 4.79 Å². The van der Waals surface area contributed by atoms with Gasteiger partial charge in [0, 0.05) is 18.8 Å². The standard InChI is InChI=1S/C15H25N3O2/c1-4-8-15(3,16)14(19)18-11-12-6-7-13(17-10-12)20-9-5-2/h6-7,10H,4-5,8-9,11,16H2,1-3H3,(H,18,19). The fourth-order valence-corrected chi connectivity index (χ4v) is 1.82. The summed E-state index contributed by atoms with van der Waals surface area (Å²) in [5.74, 6) is 0.474. The van der Waals surface area contributed by atoms with E-state index >= 15 is 0 Å². The van der Waals surface area contributed by atoms with Crippen LogP contribution in [0.15, 0.2) is 18.3 Å². The first-order valence-electron chi connectivity index (χ1n) is 7.14. The Morgan fingerprint density at radius 2 is 2.15 bits per heavy atom. The highest BCUT2D eigenvalue weighted by atomic mass is 16.5. The van der Waals surface area contributed by atoms with E-state index in [1.54, 1.807) is 13.1 Å². The molecule has 112 valence electrons. The van der Waals surface area contributed by atoms with Gasteiger partial charge in [0.2, 0.25) is 11.8 Å². The summed E-state index contributed by atoms with van der Waals surface area (Å²) in [7, 11) is 0. The molecular formula is C15H25N3O2. The Morgan fingerprint density at radius 1 is 1.40 bits per heavy atom. The smallest absolute Gasteiger partial charge is 0.240 e. The minimum absolute atomic E-state index is 0.134. The van der Waals surface area contributed by atoms with Crippen molar-refractivity contribution in [1.29, 1.82) is 0 Å². The summed E-state index contributed by atoms with van der Waals surface area (Å²) < 4.78 is 5.40. The second-order valence-corrected chi connectivity index (χ2v) is 5.20. The van der Waals surface area contributed by atoms with Crippen LogP contribution in [0.5, 0.6) is 5.88 Å². The number of carbonyl (C=O) groups excluding carboxylic acids is 1. The van der Waals surface area contributed by atoms with Crippen LogP contribution in [0.3, 0.4) is 0 Å². The van der Waals surface area contributed by atoms with Crippen molar-refractivity contribution in [3.63, 3.8) is 0 Å². The van der Waals surface area contributed by atoms with E-state index in [0.717, 1.165) is 18.4 Å². The number of hydrogen-bond acceptors (Lipinski definition) is 4. The van der Waals surface area contributed by atoms with Crippen molar-refractivity contribution >= 4 is 5.91 Å². The number of pyridine rings is 1. The minimum Gasteiger partial charge on any atom is -0.478 e. The van der Waals surface area contributed by atoms with Gasteiger partial charge in [0.05, 0.1) is 12.1 Å². The van der Waals surface area contributed by atoms with E-state index in [1.165, 1.54) is 0 Å². The van der Waals surface area contributed by atoms with E-state index in [4.69, 9.17) is 10.5 Å². The molecule has 1 unspecified atom stereocenters. The van der Waals surface area contributed by atoms with Gasteiger partial charge in [0.1, 0.15) is 0 Å². The largest absolute Gasteiger partial charge is 0.478 e. The van der Waals surface area contributed by atoms with Gasteiger partial charge in [-0.2, -0.15) is 0 Å². The third-order valence-corrected chi connectivity index (χ3v) is 2.99. The Bertz CT molecular complexity index is 416. The fraction of sp³-hybridized carbons (Fsp3) is 0.600. The summed E-state index contributed by atoms with van der Waals surface area (Å²) in [5, 5.41) is 2.84. The molecule has 0 saturated heterocycles. The van der Waals surface area contributed by atoms with E-state index in [0.29, 0.717) is 25.5 Å². The normalized spacial score (nSPS) is 13.6. The lowest BCUT2D eigenvalue weighted by Crippen LogP contribution is -2.51. The molecule has 1 rings (SSSR count). The Kier molecular flexibility index (Phi) is 6.45. The first kappa shape index (κ1) is 16.4. The molecule has 0 aliphatic heterocycles. The quantitative estimate of drug-likeness (QED) is 0.763. The van der Waals surface area contributed by atoms with Crippen LogP contribution >= 0.6 is 0 Å². The van der Waals surface area contributed by atoms with Crippen LogP contribution in [0.2, 0.25) is 0 Å². The molecule has 1 aromatic heterocycles. The van der Waals surface area contributed by atoms with Crippen LogP contribution in [-0.2, 0) is 11.3 Å². The van der Waals surface area contributed by atoms with Gasteiger partial charge in [0.25, 0.3) is 0 Å². The molecule has 5 heteroatoms. The molecule has 0 aromatic carbocycles. The number of hydrogen-bond donors (Lipinski definition) is 2. The maximum absolute atomic E-state index is 12.0. The van der Waals surface area contributed by atoms with Gasteiger partial charge in [-0.05, 0) is 25.3 Å². The zero-order chi connectivity index (χ0) is 15.0. The molecule has 1 aromatic rings. The number of rotatable bonds is 8. The number of nitrogens with one attached hydrogen (secondary N) is 1. The van der Waals surface area contributed by atoms with Crippen LogP contribution in [0.4, 0.5) is 0 Å². The predicted molar refractivity (Wildman–Crippen MR) is 79.4 cm³/mol. The Hall–Kier alpha value is -1.62. The molecule has 1 heterocycles. The highest BCUT2D eigenvalue weighted by molar-refractivity contribution is 5.85. The summed E-state index contributed by atoms with van der Waals surface area (Å²) in [4.78, 5) is 16.1. The van der Waals surface area contributed by atoms with Crippen molar-refractivity contribution in [3.8, 4) is 5.88 Å². The Balaban J connectivity index is 2.47. The van der Waals surface area contributed by atoms with Crippen LogP contribution in [0.1, 0.15) is 45.6 Å². The molecule has 0 saturated carbocycles. The van der Waals surface area contributed by atoms with Gasteiger partial charge >= 0.3 is 0 Å². The Morgan fingerprint density at radius 3 is 2.70 bits per heavy atom. The van der Waals surface area contributed by atoms with Gasteiger partial charge in [-0.1, -0.05) is 26.3 Å². The molecule has 0 radical (unpaired) electrons. The van der Waals surface area contributed by atoms with Crippen molar-refractivity contribution < 1.29 is 9.53 Å². The van der Waals surface area contributed by atoms with Crippen molar-refractivity contribution in [2.24, 2.45) is 5.73 Å². The number of aromatic nitrogens is 1. The van der Waals surface area contributed by atoms with Crippen LogP contribution in [0, 0.1) is 0 Å². The zero-order valence-corrected chi connectivity index (χ0v) is 12.6. The average Bonchev–Trinajstić information content (AvgIpc) is 2.43. The lowest BCUT2D eigenvalue weighted by molar-refractivity contribution is -0.126. The highest BCUT2D eigenvalue weighted by Gasteiger charge is 2.26. The van der Waals surface area contributed by atoms with Crippen LogP contribution in [-0.4, -0.2) is 23.0 Å². The van der Waals surface area contributed by atoms with Crippen molar-refractivity contribution in [2.75, 3.05) is 6.61 Å². The molecule has 0 aliphatic carbocycles. The monoisotopic (exact) mass is 279 g/mol. The summed E-state index contributed by atoms with van der Waals surface area (Å²) in [5.41, 5.74) is 6.08. The summed E-state index contributed by atoms with van der Waals surface area (Å²) in [6.45, 7) is 6.90. The first-order chi connectivity index (χ1) is 9.49. The maximum Gasteiger partial charge on any atom is 0.240 e.